The Bertz CT molecular complexity index is 684. The monoisotopic (exact) mass is 310 g/mol. The highest BCUT2D eigenvalue weighted by atomic mass is 19.1. The van der Waals surface area contributed by atoms with Crippen LogP contribution in [-0.2, 0) is 11.3 Å². The summed E-state index contributed by atoms with van der Waals surface area (Å²) in [6, 6.07) is 1.77. The summed E-state index contributed by atoms with van der Waals surface area (Å²) in [5, 5.41) is 11.4. The molecule has 22 heavy (non-hydrogen) atoms. The maximum atomic E-state index is 14.1. The van der Waals surface area contributed by atoms with Gasteiger partial charge in [-0.2, -0.15) is 4.80 Å². The quantitative estimate of drug-likeness (QED) is 0.814. The number of hydrogen-bond acceptors (Lipinski definition) is 5. The molecular weight excluding hydrogens is 294 g/mol. The molecule has 0 aliphatic carbocycles. The largest absolute Gasteiger partial charge is 0.465 e. The molecule has 0 saturated carbocycles. The lowest BCUT2D eigenvalue weighted by molar-refractivity contribution is 0.0599. The Morgan fingerprint density at radius 2 is 1.86 bits per heavy atom. The smallest absolute Gasteiger partial charge is 0.338 e. The van der Waals surface area contributed by atoms with Crippen LogP contribution in [0, 0.1) is 17.0 Å². The van der Waals surface area contributed by atoms with E-state index in [1.165, 1.54) is 4.80 Å². The molecule has 0 atom stereocenters. The van der Waals surface area contributed by atoms with Crippen LogP contribution in [0.25, 0.3) is 11.4 Å². The Morgan fingerprint density at radius 1 is 1.27 bits per heavy atom. The van der Waals surface area contributed by atoms with Gasteiger partial charge in [0.1, 0.15) is 11.6 Å². The highest BCUT2D eigenvalue weighted by molar-refractivity contribution is 5.90. The average molecular weight is 310 g/mol. The third kappa shape index (κ3) is 3.44. The molecule has 1 aromatic carbocycles. The average Bonchev–Trinajstić information content (AvgIpc) is 2.82. The number of halogens is 2. The predicted octanol–water partition coefficient (Wildman–Crippen LogP) is 2.45. The summed E-state index contributed by atoms with van der Waals surface area (Å²) in [5.74, 6) is -2.89. The highest BCUT2D eigenvalue weighted by Crippen LogP contribution is 2.25. The van der Waals surface area contributed by atoms with Gasteiger partial charge >= 0.3 is 5.97 Å². The minimum absolute atomic E-state index is 0.107. The molecule has 2 rings (SSSR count). The summed E-state index contributed by atoms with van der Waals surface area (Å²) >= 11 is 0. The van der Waals surface area contributed by atoms with Gasteiger partial charge < -0.3 is 4.74 Å². The van der Waals surface area contributed by atoms with E-state index in [1.54, 1.807) is 0 Å². The van der Waals surface area contributed by atoms with Crippen molar-refractivity contribution in [1.82, 2.24) is 20.2 Å². The van der Waals surface area contributed by atoms with Gasteiger partial charge in [-0.1, -0.05) is 20.8 Å². The maximum absolute atomic E-state index is 14.1. The van der Waals surface area contributed by atoms with Crippen molar-refractivity contribution < 1.29 is 18.3 Å². The lowest BCUT2D eigenvalue weighted by Crippen LogP contribution is -2.17. The van der Waals surface area contributed by atoms with E-state index in [-0.39, 0.29) is 16.8 Å². The second-order valence-electron chi connectivity index (χ2n) is 6.01. The Hall–Kier alpha value is -2.38. The van der Waals surface area contributed by atoms with E-state index >= 15 is 0 Å². The van der Waals surface area contributed by atoms with Crippen molar-refractivity contribution in [1.29, 1.82) is 0 Å². The van der Waals surface area contributed by atoms with Crippen LogP contribution in [-0.4, -0.2) is 33.3 Å². The second-order valence-corrected chi connectivity index (χ2v) is 6.01. The Kier molecular flexibility index (Phi) is 4.20. The Labute approximate surface area is 126 Å². The molecule has 0 aliphatic rings. The van der Waals surface area contributed by atoms with Crippen LogP contribution >= 0.6 is 0 Å². The van der Waals surface area contributed by atoms with Gasteiger partial charge in [0.05, 0.1) is 24.8 Å². The van der Waals surface area contributed by atoms with Crippen molar-refractivity contribution in [2.45, 2.75) is 27.3 Å². The summed E-state index contributed by atoms with van der Waals surface area (Å²) in [6.07, 6.45) is 0. The van der Waals surface area contributed by atoms with E-state index in [0.29, 0.717) is 6.54 Å². The number of tetrazole rings is 1. The number of esters is 1. The fraction of sp³-hybridized carbons (Fsp3) is 0.429. The number of methoxy groups -OCH3 is 1. The molecule has 6 nitrogen and oxygen atoms in total. The van der Waals surface area contributed by atoms with Crippen LogP contribution < -0.4 is 0 Å². The zero-order chi connectivity index (χ0) is 16.5. The number of ether oxygens (including phenoxy) is 1. The zero-order valence-electron chi connectivity index (χ0n) is 12.7. The van der Waals surface area contributed by atoms with Gasteiger partial charge in [-0.3, -0.25) is 0 Å². The van der Waals surface area contributed by atoms with E-state index in [1.807, 2.05) is 20.8 Å². The van der Waals surface area contributed by atoms with Crippen LogP contribution in [0.15, 0.2) is 12.1 Å². The third-order valence-electron chi connectivity index (χ3n) is 2.76. The molecule has 0 aliphatic heterocycles. The van der Waals surface area contributed by atoms with Crippen molar-refractivity contribution >= 4 is 5.97 Å². The summed E-state index contributed by atoms with van der Waals surface area (Å²) in [7, 11) is 1.13. The van der Waals surface area contributed by atoms with Crippen molar-refractivity contribution in [3.05, 3.63) is 29.3 Å². The molecule has 0 N–H and O–H groups in total. The second kappa shape index (κ2) is 5.78. The van der Waals surface area contributed by atoms with Crippen LogP contribution in [0.3, 0.4) is 0 Å². The highest BCUT2D eigenvalue weighted by Gasteiger charge is 2.21. The first kappa shape index (κ1) is 16.0. The van der Waals surface area contributed by atoms with E-state index in [2.05, 4.69) is 20.1 Å². The van der Waals surface area contributed by atoms with Crippen LogP contribution in [0.5, 0.6) is 0 Å². The van der Waals surface area contributed by atoms with E-state index < -0.39 is 23.2 Å². The summed E-state index contributed by atoms with van der Waals surface area (Å²) in [4.78, 5) is 12.6. The van der Waals surface area contributed by atoms with Crippen molar-refractivity contribution in [3.63, 3.8) is 0 Å². The van der Waals surface area contributed by atoms with Crippen LogP contribution in [0.2, 0.25) is 0 Å². The molecule has 1 heterocycles. The van der Waals surface area contributed by atoms with Gasteiger partial charge in [0, 0.05) is 0 Å². The van der Waals surface area contributed by atoms with Crippen LogP contribution in [0.1, 0.15) is 31.1 Å². The summed E-state index contributed by atoms with van der Waals surface area (Å²) < 4.78 is 32.6. The molecule has 0 fully saturated rings. The Morgan fingerprint density at radius 3 is 2.36 bits per heavy atom. The Balaban J connectivity index is 2.39. The molecule has 0 amide bonds. The molecule has 1 aromatic heterocycles. The number of rotatable bonds is 3. The number of carbonyl (C=O) groups is 1. The van der Waals surface area contributed by atoms with Gasteiger partial charge in [0.15, 0.2) is 0 Å². The van der Waals surface area contributed by atoms with Gasteiger partial charge in [-0.15, -0.1) is 10.2 Å². The fourth-order valence-electron chi connectivity index (χ4n) is 1.86. The molecule has 0 spiro atoms. The summed E-state index contributed by atoms with van der Waals surface area (Å²) in [6.45, 7) is 6.37. The molecule has 0 radical (unpaired) electrons. The van der Waals surface area contributed by atoms with Crippen molar-refractivity contribution in [2.24, 2.45) is 5.41 Å². The number of nitrogens with zero attached hydrogens (tertiary/aromatic N) is 4. The fourth-order valence-corrected chi connectivity index (χ4v) is 1.86. The minimum Gasteiger partial charge on any atom is -0.465 e. The predicted molar refractivity (Wildman–Crippen MR) is 74.0 cm³/mol. The van der Waals surface area contributed by atoms with Gasteiger partial charge in [-0.25, -0.2) is 13.6 Å². The molecule has 0 saturated heterocycles. The lowest BCUT2D eigenvalue weighted by atomic mass is 9.97. The zero-order valence-corrected chi connectivity index (χ0v) is 12.7. The molecular formula is C14H16F2N4O2. The molecule has 8 heteroatoms. The first-order valence-corrected chi connectivity index (χ1v) is 6.57. The standard InChI is InChI=1S/C14H16F2N4O2/c1-14(2,3)7-20-18-12(17-19-20)11-9(15)5-8(6-10(11)16)13(21)22-4/h5-6H,7H2,1-4H3. The maximum Gasteiger partial charge on any atom is 0.338 e. The van der Waals surface area contributed by atoms with Gasteiger partial charge in [0.2, 0.25) is 5.82 Å². The van der Waals surface area contributed by atoms with Crippen molar-refractivity contribution in [2.75, 3.05) is 7.11 Å². The SMILES string of the molecule is COC(=O)c1cc(F)c(-c2nnn(CC(C)(C)C)n2)c(F)c1. The number of hydrogen-bond donors (Lipinski definition) is 0. The number of carbonyl (C=O) groups excluding carboxylic acids is 1. The van der Waals surface area contributed by atoms with E-state index in [0.717, 1.165) is 19.2 Å². The lowest BCUT2D eigenvalue weighted by Gasteiger charge is -2.15. The first-order valence-electron chi connectivity index (χ1n) is 6.57. The molecule has 0 unspecified atom stereocenters. The topological polar surface area (TPSA) is 69.9 Å². The molecule has 0 bridgehead atoms. The number of benzene rings is 1. The van der Waals surface area contributed by atoms with Crippen LogP contribution in [0.4, 0.5) is 8.78 Å². The normalized spacial score (nSPS) is 11.5. The molecule has 118 valence electrons. The van der Waals surface area contributed by atoms with E-state index in [9.17, 15) is 13.6 Å². The number of aromatic nitrogens is 4. The summed E-state index contributed by atoms with van der Waals surface area (Å²) in [5.41, 5.74) is -0.750. The van der Waals surface area contributed by atoms with Crippen molar-refractivity contribution in [3.8, 4) is 11.4 Å². The first-order chi connectivity index (χ1) is 10.2. The third-order valence-corrected chi connectivity index (χ3v) is 2.76. The molecule has 2 aromatic rings. The minimum atomic E-state index is -0.948. The van der Waals surface area contributed by atoms with E-state index in [4.69, 9.17) is 0 Å². The van der Waals surface area contributed by atoms with Gasteiger partial charge in [-0.05, 0) is 22.8 Å². The van der Waals surface area contributed by atoms with Gasteiger partial charge in [0.25, 0.3) is 0 Å².